The SMILES string of the molecule is CC(C)=NO.CC(C)[C@H](N)C(=O)O.CCOCC. The number of carbonyl (C=O) groups is 1. The Hall–Kier alpha value is -1.14. The standard InChI is InChI=1S/C5H11NO2.C4H10O.C3H7NO/c1-3(2)4(6)5(7)8;1-3-5-4-2;1-3(2)4-5/h3-4H,6H2,1-2H3,(H,7,8);3-4H2,1-2H3;5H,1-2H3/t4-;;/m0../s1. The van der Waals surface area contributed by atoms with E-state index in [4.69, 9.17) is 20.8 Å². The second-order valence-corrected chi connectivity index (χ2v) is 3.94. The Morgan fingerprint density at radius 3 is 1.61 bits per heavy atom. The van der Waals surface area contributed by atoms with E-state index in [0.717, 1.165) is 13.2 Å². The summed E-state index contributed by atoms with van der Waals surface area (Å²) in [5.74, 6) is -0.910. The first kappa shape index (κ1) is 22.1. The van der Waals surface area contributed by atoms with Gasteiger partial charge in [0, 0.05) is 13.2 Å². The molecule has 0 amide bonds. The highest BCUT2D eigenvalue weighted by molar-refractivity contribution is 5.78. The van der Waals surface area contributed by atoms with Gasteiger partial charge in [-0.3, -0.25) is 4.79 Å². The fourth-order valence-electron chi connectivity index (χ4n) is 0.489. The number of oxime groups is 1. The Bertz CT molecular complexity index is 212. The van der Waals surface area contributed by atoms with Crippen LogP contribution in [0.1, 0.15) is 41.5 Å². The molecule has 0 aromatic heterocycles. The summed E-state index contributed by atoms with van der Waals surface area (Å²) in [6, 6.07) is -0.713. The average molecular weight is 264 g/mol. The van der Waals surface area contributed by atoms with Gasteiger partial charge in [-0.25, -0.2) is 0 Å². The molecule has 0 unspecified atom stereocenters. The number of ether oxygens (including phenoxy) is 1. The molecule has 0 rings (SSSR count). The van der Waals surface area contributed by atoms with Crippen molar-refractivity contribution in [3.05, 3.63) is 0 Å². The summed E-state index contributed by atoms with van der Waals surface area (Å²) >= 11 is 0. The van der Waals surface area contributed by atoms with Gasteiger partial charge in [0.25, 0.3) is 0 Å². The van der Waals surface area contributed by atoms with Crippen molar-refractivity contribution in [1.29, 1.82) is 0 Å². The number of nitrogens with two attached hydrogens (primary N) is 1. The highest BCUT2D eigenvalue weighted by atomic mass is 16.5. The van der Waals surface area contributed by atoms with Crippen LogP contribution in [0.5, 0.6) is 0 Å². The lowest BCUT2D eigenvalue weighted by molar-refractivity contribution is -0.139. The van der Waals surface area contributed by atoms with Gasteiger partial charge in [0.05, 0.1) is 5.71 Å². The highest BCUT2D eigenvalue weighted by Gasteiger charge is 2.14. The maximum absolute atomic E-state index is 10.0. The zero-order valence-corrected chi connectivity index (χ0v) is 12.3. The van der Waals surface area contributed by atoms with Crippen LogP contribution in [0.3, 0.4) is 0 Å². The quantitative estimate of drug-likeness (QED) is 0.409. The van der Waals surface area contributed by atoms with Crippen molar-refractivity contribution in [2.75, 3.05) is 13.2 Å². The van der Waals surface area contributed by atoms with Crippen molar-refractivity contribution in [2.45, 2.75) is 47.6 Å². The van der Waals surface area contributed by atoms with Gasteiger partial charge in [0.2, 0.25) is 0 Å². The molecule has 0 bridgehead atoms. The van der Waals surface area contributed by atoms with Crippen molar-refractivity contribution < 1.29 is 19.8 Å². The molecular formula is C12H28N2O4. The Morgan fingerprint density at radius 1 is 1.28 bits per heavy atom. The number of hydrogen-bond donors (Lipinski definition) is 3. The molecule has 0 aromatic carbocycles. The lowest BCUT2D eigenvalue weighted by Gasteiger charge is -2.07. The topological polar surface area (TPSA) is 105 Å². The summed E-state index contributed by atoms with van der Waals surface area (Å²) in [6.07, 6.45) is 0. The van der Waals surface area contributed by atoms with Crippen molar-refractivity contribution in [3.8, 4) is 0 Å². The zero-order chi connectivity index (χ0) is 15.1. The van der Waals surface area contributed by atoms with Gasteiger partial charge < -0.3 is 20.8 Å². The third-order valence-corrected chi connectivity index (χ3v) is 1.61. The van der Waals surface area contributed by atoms with Gasteiger partial charge in [0.1, 0.15) is 6.04 Å². The second-order valence-electron chi connectivity index (χ2n) is 3.94. The van der Waals surface area contributed by atoms with Crippen LogP contribution < -0.4 is 5.73 Å². The van der Waals surface area contributed by atoms with E-state index in [1.165, 1.54) is 0 Å². The van der Waals surface area contributed by atoms with Crippen LogP contribution >= 0.6 is 0 Å². The average Bonchev–Trinajstić information content (AvgIpc) is 2.30. The van der Waals surface area contributed by atoms with Crippen molar-refractivity contribution in [1.82, 2.24) is 0 Å². The Labute approximate surface area is 110 Å². The summed E-state index contributed by atoms with van der Waals surface area (Å²) in [5.41, 5.74) is 5.84. The first-order valence-corrected chi connectivity index (χ1v) is 5.95. The van der Waals surface area contributed by atoms with Gasteiger partial charge in [0.15, 0.2) is 0 Å². The molecule has 0 spiro atoms. The second kappa shape index (κ2) is 15.9. The smallest absolute Gasteiger partial charge is 0.320 e. The maximum atomic E-state index is 10.0. The number of aliphatic carboxylic acids is 1. The van der Waals surface area contributed by atoms with Crippen LogP contribution in [0.15, 0.2) is 5.16 Å². The molecule has 0 fully saturated rings. The number of nitrogens with zero attached hydrogens (tertiary/aromatic N) is 1. The van der Waals surface area contributed by atoms with Crippen LogP contribution in [-0.4, -0.2) is 41.3 Å². The molecule has 0 radical (unpaired) electrons. The number of carboxylic acid groups (broad SMARTS) is 1. The van der Waals surface area contributed by atoms with E-state index in [9.17, 15) is 4.79 Å². The molecule has 0 aliphatic heterocycles. The molecule has 0 aliphatic carbocycles. The molecule has 0 aliphatic rings. The molecule has 1 atom stereocenters. The fourth-order valence-corrected chi connectivity index (χ4v) is 0.489. The van der Waals surface area contributed by atoms with Crippen LogP contribution in [-0.2, 0) is 9.53 Å². The molecule has 18 heavy (non-hydrogen) atoms. The molecule has 110 valence electrons. The molecule has 0 heterocycles. The highest BCUT2D eigenvalue weighted by Crippen LogP contribution is 1.96. The van der Waals surface area contributed by atoms with Crippen molar-refractivity contribution in [3.63, 3.8) is 0 Å². The van der Waals surface area contributed by atoms with E-state index in [0.29, 0.717) is 5.71 Å². The van der Waals surface area contributed by atoms with E-state index in [1.54, 1.807) is 27.7 Å². The van der Waals surface area contributed by atoms with Crippen LogP contribution in [0.4, 0.5) is 0 Å². The molecule has 0 saturated heterocycles. The van der Waals surface area contributed by atoms with E-state index >= 15 is 0 Å². The summed E-state index contributed by atoms with van der Waals surface area (Å²) in [5, 5.41) is 18.8. The first-order chi connectivity index (χ1) is 8.24. The summed E-state index contributed by atoms with van der Waals surface area (Å²) in [6.45, 7) is 12.7. The minimum Gasteiger partial charge on any atom is -0.480 e. The number of carboxylic acids is 1. The van der Waals surface area contributed by atoms with E-state index in [1.807, 2.05) is 13.8 Å². The van der Waals surface area contributed by atoms with Gasteiger partial charge >= 0.3 is 5.97 Å². The third-order valence-electron chi connectivity index (χ3n) is 1.61. The summed E-state index contributed by atoms with van der Waals surface area (Å²) < 4.78 is 4.83. The van der Waals surface area contributed by atoms with Gasteiger partial charge in [-0.15, -0.1) is 0 Å². The fraction of sp³-hybridized carbons (Fsp3) is 0.833. The maximum Gasteiger partial charge on any atom is 0.320 e. The van der Waals surface area contributed by atoms with E-state index < -0.39 is 12.0 Å². The zero-order valence-electron chi connectivity index (χ0n) is 12.3. The minimum absolute atomic E-state index is 0.0208. The normalized spacial score (nSPS) is 10.4. The molecule has 4 N–H and O–H groups in total. The molecule has 0 aromatic rings. The number of hydrogen-bond acceptors (Lipinski definition) is 5. The summed E-state index contributed by atoms with van der Waals surface area (Å²) in [4.78, 5) is 10.0. The van der Waals surface area contributed by atoms with Gasteiger partial charge in [-0.05, 0) is 33.6 Å². The Morgan fingerprint density at radius 2 is 1.61 bits per heavy atom. The van der Waals surface area contributed by atoms with Crippen LogP contribution in [0.2, 0.25) is 0 Å². The summed E-state index contributed by atoms with van der Waals surface area (Å²) in [7, 11) is 0. The molecular weight excluding hydrogens is 236 g/mol. The van der Waals surface area contributed by atoms with Crippen molar-refractivity contribution >= 4 is 11.7 Å². The monoisotopic (exact) mass is 264 g/mol. The predicted molar refractivity (Wildman–Crippen MR) is 73.2 cm³/mol. The molecule has 0 saturated carbocycles. The largest absolute Gasteiger partial charge is 0.480 e. The van der Waals surface area contributed by atoms with E-state index in [2.05, 4.69) is 5.16 Å². The van der Waals surface area contributed by atoms with Gasteiger partial charge in [-0.2, -0.15) is 0 Å². The van der Waals surface area contributed by atoms with Crippen LogP contribution in [0.25, 0.3) is 0 Å². The van der Waals surface area contributed by atoms with Crippen molar-refractivity contribution in [2.24, 2.45) is 16.8 Å². The van der Waals surface area contributed by atoms with E-state index in [-0.39, 0.29) is 5.92 Å². The molecule has 6 nitrogen and oxygen atoms in total. The minimum atomic E-state index is -0.931. The Kier molecular flexibility index (Phi) is 19.5. The van der Waals surface area contributed by atoms with Gasteiger partial charge in [-0.1, -0.05) is 19.0 Å². The number of rotatable bonds is 4. The molecule has 6 heteroatoms. The third kappa shape index (κ3) is 24.2. The lowest BCUT2D eigenvalue weighted by atomic mass is 10.1. The first-order valence-electron chi connectivity index (χ1n) is 5.95. The predicted octanol–water partition coefficient (Wildman–Crippen LogP) is 1.95. The Balaban J connectivity index is -0.000000197. The van der Waals surface area contributed by atoms with Crippen LogP contribution in [0, 0.1) is 5.92 Å². The lowest BCUT2D eigenvalue weighted by Crippen LogP contribution is -2.34.